The number of aryl methyl sites for hydroxylation is 1. The molecule has 1 aromatic rings. The Morgan fingerprint density at radius 3 is 2.81 bits per heavy atom. The first kappa shape index (κ1) is 15.5. The first-order valence-electron chi connectivity index (χ1n) is 7.24. The number of halogens is 1. The van der Waals surface area contributed by atoms with Crippen LogP contribution in [0.4, 0.5) is 4.39 Å². The van der Waals surface area contributed by atoms with E-state index in [0.29, 0.717) is 25.1 Å². The van der Waals surface area contributed by atoms with Gasteiger partial charge in [-0.25, -0.2) is 4.39 Å². The number of amides is 1. The molecule has 1 aromatic carbocycles. The van der Waals surface area contributed by atoms with Crippen LogP contribution in [0.1, 0.15) is 41.6 Å². The maximum atomic E-state index is 13.4. The average molecular weight is 293 g/mol. The first-order valence-corrected chi connectivity index (χ1v) is 7.24. The second-order valence-electron chi connectivity index (χ2n) is 5.71. The number of piperidine rings is 1. The molecule has 1 heterocycles. The van der Waals surface area contributed by atoms with Crippen LogP contribution in [0, 0.1) is 18.7 Å². The molecule has 1 fully saturated rings. The molecule has 114 valence electrons. The quantitative estimate of drug-likeness (QED) is 0.928. The molecule has 5 heteroatoms. The number of aliphatic carboxylic acids is 1. The topological polar surface area (TPSA) is 57.6 Å². The Morgan fingerprint density at radius 1 is 1.38 bits per heavy atom. The van der Waals surface area contributed by atoms with E-state index in [9.17, 15) is 14.0 Å². The van der Waals surface area contributed by atoms with Gasteiger partial charge in [0.2, 0.25) is 0 Å². The van der Waals surface area contributed by atoms with E-state index in [-0.39, 0.29) is 18.2 Å². The van der Waals surface area contributed by atoms with Gasteiger partial charge >= 0.3 is 5.97 Å². The van der Waals surface area contributed by atoms with E-state index < -0.39 is 11.8 Å². The Labute approximate surface area is 123 Å². The monoisotopic (exact) mass is 293 g/mol. The summed E-state index contributed by atoms with van der Waals surface area (Å²) < 4.78 is 13.4. The lowest BCUT2D eigenvalue weighted by Crippen LogP contribution is -2.40. The van der Waals surface area contributed by atoms with Crippen LogP contribution in [-0.2, 0) is 4.79 Å². The number of hydrogen-bond donors (Lipinski definition) is 1. The van der Waals surface area contributed by atoms with E-state index >= 15 is 0 Å². The summed E-state index contributed by atoms with van der Waals surface area (Å²) in [6.45, 7) is 2.96. The van der Waals surface area contributed by atoms with Gasteiger partial charge in [0, 0.05) is 25.1 Å². The molecule has 2 rings (SSSR count). The van der Waals surface area contributed by atoms with Gasteiger partial charge in [-0.05, 0) is 55.9 Å². The molecule has 1 aliphatic heterocycles. The number of carbonyl (C=O) groups is 2. The van der Waals surface area contributed by atoms with E-state index in [0.717, 1.165) is 18.4 Å². The maximum absolute atomic E-state index is 13.4. The van der Waals surface area contributed by atoms with Crippen LogP contribution >= 0.6 is 0 Å². The molecule has 1 unspecified atom stereocenters. The van der Waals surface area contributed by atoms with Crippen LogP contribution in [0.3, 0.4) is 0 Å². The van der Waals surface area contributed by atoms with Crippen molar-refractivity contribution in [1.82, 2.24) is 4.90 Å². The second-order valence-corrected chi connectivity index (χ2v) is 5.71. The molecule has 21 heavy (non-hydrogen) atoms. The molecule has 1 amide bonds. The highest BCUT2D eigenvalue weighted by atomic mass is 19.1. The number of rotatable bonds is 4. The number of nitrogens with zero attached hydrogens (tertiary/aromatic N) is 1. The van der Waals surface area contributed by atoms with E-state index in [2.05, 4.69) is 0 Å². The Morgan fingerprint density at radius 2 is 2.14 bits per heavy atom. The molecular weight excluding hydrogens is 273 g/mol. The van der Waals surface area contributed by atoms with E-state index in [1.54, 1.807) is 17.9 Å². The van der Waals surface area contributed by atoms with E-state index in [1.165, 1.54) is 12.1 Å². The van der Waals surface area contributed by atoms with Crippen molar-refractivity contribution in [1.29, 1.82) is 0 Å². The summed E-state index contributed by atoms with van der Waals surface area (Å²) in [5.74, 6) is -1.16. The third-order valence-electron chi connectivity index (χ3n) is 3.86. The van der Waals surface area contributed by atoms with Crippen molar-refractivity contribution in [3.05, 3.63) is 35.1 Å². The third kappa shape index (κ3) is 4.28. The summed E-state index contributed by atoms with van der Waals surface area (Å²) in [5.41, 5.74) is 1.09. The predicted molar refractivity (Wildman–Crippen MR) is 76.6 cm³/mol. The molecule has 0 radical (unpaired) electrons. The number of carboxylic acid groups (broad SMARTS) is 1. The zero-order chi connectivity index (χ0) is 15.4. The van der Waals surface area contributed by atoms with Crippen molar-refractivity contribution in [3.8, 4) is 0 Å². The van der Waals surface area contributed by atoms with Gasteiger partial charge in [0.05, 0.1) is 0 Å². The van der Waals surface area contributed by atoms with Crippen molar-refractivity contribution >= 4 is 11.9 Å². The molecule has 1 N–H and O–H groups in total. The lowest BCUT2D eigenvalue weighted by molar-refractivity contribution is -0.137. The second kappa shape index (κ2) is 6.70. The van der Waals surface area contributed by atoms with Crippen LogP contribution in [0.25, 0.3) is 0 Å². The lowest BCUT2D eigenvalue weighted by atomic mass is 9.93. The largest absolute Gasteiger partial charge is 0.481 e. The van der Waals surface area contributed by atoms with Crippen molar-refractivity contribution in [3.63, 3.8) is 0 Å². The molecule has 4 nitrogen and oxygen atoms in total. The summed E-state index contributed by atoms with van der Waals surface area (Å²) in [4.78, 5) is 24.8. The van der Waals surface area contributed by atoms with Gasteiger partial charge in [-0.15, -0.1) is 0 Å². The summed E-state index contributed by atoms with van der Waals surface area (Å²) in [5, 5.41) is 8.74. The predicted octanol–water partition coefficient (Wildman–Crippen LogP) is 2.85. The Balaban J connectivity index is 2.03. The molecule has 0 spiro atoms. The fourth-order valence-corrected chi connectivity index (χ4v) is 2.86. The van der Waals surface area contributed by atoms with Crippen LogP contribution < -0.4 is 0 Å². The number of hydrogen-bond acceptors (Lipinski definition) is 2. The van der Waals surface area contributed by atoms with Gasteiger partial charge in [-0.3, -0.25) is 9.59 Å². The molecule has 1 atom stereocenters. The maximum Gasteiger partial charge on any atom is 0.303 e. The molecule has 0 aliphatic carbocycles. The Bertz CT molecular complexity index is 524. The number of likely N-dealkylation sites (tertiary alicyclic amines) is 1. The SMILES string of the molecule is Cc1cc(F)cc(C(=O)N2CCCC(CCC(=O)O)C2)c1. The van der Waals surface area contributed by atoms with Crippen molar-refractivity contribution in [2.24, 2.45) is 5.92 Å². The number of benzene rings is 1. The highest BCUT2D eigenvalue weighted by Crippen LogP contribution is 2.23. The fraction of sp³-hybridized carbons (Fsp3) is 0.500. The van der Waals surface area contributed by atoms with Crippen LogP contribution in [0.15, 0.2) is 18.2 Å². The highest BCUT2D eigenvalue weighted by Gasteiger charge is 2.25. The summed E-state index contributed by atoms with van der Waals surface area (Å²) in [6, 6.07) is 4.34. The first-order chi connectivity index (χ1) is 9.95. The van der Waals surface area contributed by atoms with Gasteiger partial charge in [0.25, 0.3) is 5.91 Å². The molecule has 0 bridgehead atoms. The summed E-state index contributed by atoms with van der Waals surface area (Å²) >= 11 is 0. The van der Waals surface area contributed by atoms with Crippen LogP contribution in [0.2, 0.25) is 0 Å². The van der Waals surface area contributed by atoms with Crippen LogP contribution in [-0.4, -0.2) is 35.0 Å². The molecule has 1 aliphatic rings. The Hall–Kier alpha value is -1.91. The summed E-state index contributed by atoms with van der Waals surface area (Å²) in [7, 11) is 0. The average Bonchev–Trinajstić information content (AvgIpc) is 2.43. The zero-order valence-corrected chi connectivity index (χ0v) is 12.1. The van der Waals surface area contributed by atoms with E-state index in [4.69, 9.17) is 5.11 Å². The number of carboxylic acids is 1. The van der Waals surface area contributed by atoms with Crippen molar-refractivity contribution in [2.45, 2.75) is 32.6 Å². The van der Waals surface area contributed by atoms with Gasteiger partial charge < -0.3 is 10.0 Å². The van der Waals surface area contributed by atoms with Gasteiger partial charge in [-0.1, -0.05) is 0 Å². The normalized spacial score (nSPS) is 18.6. The zero-order valence-electron chi connectivity index (χ0n) is 12.1. The third-order valence-corrected chi connectivity index (χ3v) is 3.86. The highest BCUT2D eigenvalue weighted by molar-refractivity contribution is 5.94. The molecule has 0 aromatic heterocycles. The van der Waals surface area contributed by atoms with Gasteiger partial charge in [0.15, 0.2) is 0 Å². The minimum atomic E-state index is -0.806. The molecular formula is C16H20FNO3. The standard InChI is InChI=1S/C16H20FNO3/c1-11-7-13(9-14(17)8-11)16(21)18-6-2-3-12(10-18)4-5-15(19)20/h7-9,12H,2-6,10H2,1H3,(H,19,20). The van der Waals surface area contributed by atoms with Gasteiger partial charge in [-0.2, -0.15) is 0 Å². The smallest absolute Gasteiger partial charge is 0.303 e. The fourth-order valence-electron chi connectivity index (χ4n) is 2.86. The number of carbonyl (C=O) groups excluding carboxylic acids is 1. The van der Waals surface area contributed by atoms with E-state index in [1.807, 2.05) is 0 Å². The van der Waals surface area contributed by atoms with Gasteiger partial charge in [0.1, 0.15) is 5.82 Å². The van der Waals surface area contributed by atoms with Crippen molar-refractivity contribution < 1.29 is 19.1 Å². The van der Waals surface area contributed by atoms with Crippen molar-refractivity contribution in [2.75, 3.05) is 13.1 Å². The summed E-state index contributed by atoms with van der Waals surface area (Å²) in [6.07, 6.45) is 2.52. The Kier molecular flexibility index (Phi) is 4.94. The minimum absolute atomic E-state index is 0.131. The van der Waals surface area contributed by atoms with Crippen LogP contribution in [0.5, 0.6) is 0 Å². The molecule has 0 saturated carbocycles. The molecule has 1 saturated heterocycles. The lowest BCUT2D eigenvalue weighted by Gasteiger charge is -2.32. The minimum Gasteiger partial charge on any atom is -0.481 e.